The van der Waals surface area contributed by atoms with Crippen LogP contribution in [0.3, 0.4) is 0 Å². The first-order valence-electron chi connectivity index (χ1n) is 7.23. The fourth-order valence-electron chi connectivity index (χ4n) is 2.31. The van der Waals surface area contributed by atoms with Gasteiger partial charge >= 0.3 is 11.9 Å². The summed E-state index contributed by atoms with van der Waals surface area (Å²) in [4.78, 5) is 48.9. The Hall–Kier alpha value is -2.58. The maximum absolute atomic E-state index is 12.7. The van der Waals surface area contributed by atoms with Gasteiger partial charge in [-0.15, -0.1) is 0 Å². The lowest BCUT2D eigenvalue weighted by atomic mass is 9.91. The van der Waals surface area contributed by atoms with Crippen LogP contribution in [0.25, 0.3) is 0 Å². The van der Waals surface area contributed by atoms with Gasteiger partial charge in [0.1, 0.15) is 0 Å². The van der Waals surface area contributed by atoms with Crippen molar-refractivity contribution < 1.29 is 38.1 Å². The Kier molecular flexibility index (Phi) is 7.41. The van der Waals surface area contributed by atoms with E-state index in [4.69, 9.17) is 9.47 Å². The first kappa shape index (κ1) is 20.5. The van der Waals surface area contributed by atoms with Gasteiger partial charge < -0.3 is 18.9 Å². The summed E-state index contributed by atoms with van der Waals surface area (Å²) in [5, 5.41) is 0. The summed E-state index contributed by atoms with van der Waals surface area (Å²) < 4.78 is 18.9. The highest BCUT2D eigenvalue weighted by molar-refractivity contribution is 6.20. The van der Waals surface area contributed by atoms with Crippen molar-refractivity contribution in [3.05, 3.63) is 34.9 Å². The first-order valence-corrected chi connectivity index (χ1v) is 7.23. The van der Waals surface area contributed by atoms with E-state index in [-0.39, 0.29) is 11.1 Å². The Balaban J connectivity index is 3.44. The number of hydrogen-bond donors (Lipinski definition) is 0. The van der Waals surface area contributed by atoms with Gasteiger partial charge in [-0.05, 0) is 12.5 Å². The number of ether oxygens (including phenoxy) is 4. The minimum absolute atomic E-state index is 0.0456. The molecule has 0 saturated carbocycles. The predicted octanol–water partition coefficient (Wildman–Crippen LogP) is 0.736. The molecule has 0 aliphatic rings. The zero-order valence-corrected chi connectivity index (χ0v) is 14.7. The van der Waals surface area contributed by atoms with E-state index in [1.54, 1.807) is 19.1 Å². The zero-order valence-electron chi connectivity index (χ0n) is 14.7. The minimum Gasteiger partial charge on any atom is -0.467 e. The van der Waals surface area contributed by atoms with Crippen LogP contribution in [0.2, 0.25) is 0 Å². The predicted molar refractivity (Wildman–Crippen MR) is 85.5 cm³/mol. The van der Waals surface area contributed by atoms with Crippen LogP contribution in [0.15, 0.2) is 18.2 Å². The number of Topliss-reactive ketones (excluding diaryl/α,β-unsaturated/α-hetero) is 2. The molecule has 2 unspecified atom stereocenters. The molecule has 0 spiro atoms. The van der Waals surface area contributed by atoms with Gasteiger partial charge in [0.15, 0.2) is 0 Å². The number of aryl methyl sites for hydroxylation is 1. The maximum atomic E-state index is 12.7. The number of rotatable bonds is 8. The van der Waals surface area contributed by atoms with Gasteiger partial charge in [0.2, 0.25) is 23.8 Å². The van der Waals surface area contributed by atoms with Crippen LogP contribution < -0.4 is 0 Å². The van der Waals surface area contributed by atoms with Crippen LogP contribution in [-0.2, 0) is 28.5 Å². The second kappa shape index (κ2) is 9.05. The molecule has 0 radical (unpaired) electrons. The number of esters is 2. The molecule has 0 saturated heterocycles. The van der Waals surface area contributed by atoms with E-state index in [1.165, 1.54) is 20.3 Å². The summed E-state index contributed by atoms with van der Waals surface area (Å²) in [7, 11) is 4.57. The van der Waals surface area contributed by atoms with Crippen LogP contribution >= 0.6 is 0 Å². The Morgan fingerprint density at radius 3 is 1.72 bits per heavy atom. The Morgan fingerprint density at radius 1 is 0.800 bits per heavy atom. The molecule has 1 rings (SSSR count). The van der Waals surface area contributed by atoms with Gasteiger partial charge in [0, 0.05) is 25.3 Å². The van der Waals surface area contributed by atoms with E-state index in [2.05, 4.69) is 9.47 Å². The standard InChI is InChI=1S/C17H20O8/c1-9-7-6-8-10(12(18)14(22-2)16(20)24-4)11(9)13(19)15(23-3)17(21)25-5/h6-8,14-15H,1-5H3. The van der Waals surface area contributed by atoms with E-state index < -0.39 is 35.7 Å². The van der Waals surface area contributed by atoms with Crippen molar-refractivity contribution in [1.29, 1.82) is 0 Å². The molecule has 2 atom stereocenters. The molecule has 0 amide bonds. The fourth-order valence-corrected chi connectivity index (χ4v) is 2.31. The molecule has 0 aliphatic carbocycles. The summed E-state index contributed by atoms with van der Waals surface area (Å²) in [6.07, 6.45) is -3.06. The highest BCUT2D eigenvalue weighted by atomic mass is 16.6. The van der Waals surface area contributed by atoms with Crippen LogP contribution in [0, 0.1) is 6.92 Å². The van der Waals surface area contributed by atoms with Gasteiger partial charge in [-0.1, -0.05) is 18.2 Å². The van der Waals surface area contributed by atoms with Crippen molar-refractivity contribution in [2.24, 2.45) is 0 Å². The third-order valence-electron chi connectivity index (χ3n) is 3.56. The third-order valence-corrected chi connectivity index (χ3v) is 3.56. The average Bonchev–Trinajstić information content (AvgIpc) is 2.61. The largest absolute Gasteiger partial charge is 0.467 e. The van der Waals surface area contributed by atoms with E-state index in [0.717, 1.165) is 14.2 Å². The smallest absolute Gasteiger partial charge is 0.343 e. The molecular formula is C17H20O8. The topological polar surface area (TPSA) is 105 Å². The Morgan fingerprint density at radius 2 is 1.28 bits per heavy atom. The van der Waals surface area contributed by atoms with Crippen LogP contribution in [0.1, 0.15) is 26.3 Å². The molecule has 0 N–H and O–H groups in total. The normalized spacial score (nSPS) is 12.8. The number of carbonyl (C=O) groups is 4. The second-order valence-corrected chi connectivity index (χ2v) is 5.00. The number of carbonyl (C=O) groups excluding carboxylic acids is 4. The molecule has 0 aliphatic heterocycles. The van der Waals surface area contributed by atoms with Crippen molar-refractivity contribution in [1.82, 2.24) is 0 Å². The lowest BCUT2D eigenvalue weighted by Crippen LogP contribution is -2.37. The molecule has 1 aromatic rings. The van der Waals surface area contributed by atoms with Crippen LogP contribution in [0.5, 0.6) is 0 Å². The van der Waals surface area contributed by atoms with Crippen molar-refractivity contribution in [2.45, 2.75) is 19.1 Å². The molecule has 1 aromatic carbocycles. The number of ketones is 2. The Labute approximate surface area is 145 Å². The first-order chi connectivity index (χ1) is 11.8. The summed E-state index contributed by atoms with van der Waals surface area (Å²) in [6, 6.07) is 4.50. The minimum atomic E-state index is -1.53. The monoisotopic (exact) mass is 352 g/mol. The molecule has 0 bridgehead atoms. The molecule has 25 heavy (non-hydrogen) atoms. The van der Waals surface area contributed by atoms with E-state index in [1.807, 2.05) is 0 Å². The highest BCUT2D eigenvalue weighted by Crippen LogP contribution is 2.21. The number of hydrogen-bond acceptors (Lipinski definition) is 8. The van der Waals surface area contributed by atoms with Crippen molar-refractivity contribution >= 4 is 23.5 Å². The lowest BCUT2D eigenvalue weighted by molar-refractivity contribution is -0.150. The van der Waals surface area contributed by atoms with Crippen molar-refractivity contribution in [3.8, 4) is 0 Å². The van der Waals surface area contributed by atoms with Crippen LogP contribution in [0.4, 0.5) is 0 Å². The third kappa shape index (κ3) is 4.28. The maximum Gasteiger partial charge on any atom is 0.343 e. The Bertz CT molecular complexity index is 679. The molecule has 8 heteroatoms. The molecule has 136 valence electrons. The lowest BCUT2D eigenvalue weighted by Gasteiger charge is -2.18. The van der Waals surface area contributed by atoms with Crippen molar-refractivity contribution in [2.75, 3.05) is 28.4 Å². The molecule has 0 fully saturated rings. The molecule has 8 nitrogen and oxygen atoms in total. The molecular weight excluding hydrogens is 332 g/mol. The molecule has 0 heterocycles. The SMILES string of the molecule is COC(=O)C(OC)C(=O)c1cccc(C)c1C(=O)C(OC)C(=O)OC. The van der Waals surface area contributed by atoms with Gasteiger partial charge in [0.05, 0.1) is 14.2 Å². The highest BCUT2D eigenvalue weighted by Gasteiger charge is 2.35. The summed E-state index contributed by atoms with van der Waals surface area (Å²) >= 11 is 0. The van der Waals surface area contributed by atoms with E-state index in [9.17, 15) is 19.2 Å². The van der Waals surface area contributed by atoms with E-state index >= 15 is 0 Å². The molecule has 0 aromatic heterocycles. The average molecular weight is 352 g/mol. The van der Waals surface area contributed by atoms with Gasteiger partial charge in [0.25, 0.3) is 0 Å². The second-order valence-electron chi connectivity index (χ2n) is 5.00. The fraction of sp³-hybridized carbons (Fsp3) is 0.412. The summed E-state index contributed by atoms with van der Waals surface area (Å²) in [5.41, 5.74) is 0.311. The summed E-state index contributed by atoms with van der Waals surface area (Å²) in [5.74, 6) is -3.31. The van der Waals surface area contributed by atoms with Crippen molar-refractivity contribution in [3.63, 3.8) is 0 Å². The van der Waals surface area contributed by atoms with Crippen LogP contribution in [-0.4, -0.2) is 64.2 Å². The quantitative estimate of drug-likeness (QED) is 0.383. The number of methoxy groups -OCH3 is 4. The van der Waals surface area contributed by atoms with Gasteiger partial charge in [-0.3, -0.25) is 9.59 Å². The van der Waals surface area contributed by atoms with E-state index in [0.29, 0.717) is 5.56 Å². The number of benzene rings is 1. The van der Waals surface area contributed by atoms with Gasteiger partial charge in [-0.2, -0.15) is 0 Å². The zero-order chi connectivity index (χ0) is 19.1. The summed E-state index contributed by atoms with van der Waals surface area (Å²) in [6.45, 7) is 1.59. The van der Waals surface area contributed by atoms with Gasteiger partial charge in [-0.25, -0.2) is 9.59 Å².